The fraction of sp³-hybridized carbons (Fsp3) is 0.692. The van der Waals surface area contributed by atoms with E-state index < -0.39 is 0 Å². The summed E-state index contributed by atoms with van der Waals surface area (Å²) in [6, 6.07) is 2.09. The lowest BCUT2D eigenvalue weighted by Gasteiger charge is -2.28. The van der Waals surface area contributed by atoms with Crippen molar-refractivity contribution in [3.63, 3.8) is 0 Å². The summed E-state index contributed by atoms with van der Waals surface area (Å²) in [5, 5.41) is 0. The molecule has 2 aliphatic heterocycles. The molecule has 3 heterocycles. The number of nitrogens with two attached hydrogens (primary N) is 1. The molecular formula is C13H21N5O. The number of morpholine rings is 1. The van der Waals surface area contributed by atoms with Crippen molar-refractivity contribution in [2.24, 2.45) is 11.7 Å². The first-order valence-corrected chi connectivity index (χ1v) is 6.96. The second-order valence-corrected chi connectivity index (χ2v) is 5.17. The van der Waals surface area contributed by atoms with Crippen LogP contribution in [0.1, 0.15) is 6.42 Å². The van der Waals surface area contributed by atoms with Crippen molar-refractivity contribution in [2.45, 2.75) is 6.42 Å². The Balaban J connectivity index is 1.72. The third-order valence-electron chi connectivity index (χ3n) is 3.92. The topological polar surface area (TPSA) is 67.5 Å². The first-order valence-electron chi connectivity index (χ1n) is 6.96. The van der Waals surface area contributed by atoms with Gasteiger partial charge < -0.3 is 20.3 Å². The van der Waals surface area contributed by atoms with Crippen LogP contribution in [0.3, 0.4) is 0 Å². The Labute approximate surface area is 113 Å². The van der Waals surface area contributed by atoms with E-state index in [9.17, 15) is 0 Å². The van der Waals surface area contributed by atoms with Gasteiger partial charge in [0.2, 0.25) is 0 Å². The van der Waals surface area contributed by atoms with Crippen molar-refractivity contribution in [3.05, 3.63) is 12.4 Å². The zero-order chi connectivity index (χ0) is 13.1. The number of ether oxygens (including phenoxy) is 1. The Morgan fingerprint density at radius 2 is 1.89 bits per heavy atom. The number of hydrogen-bond acceptors (Lipinski definition) is 6. The number of anilines is 2. The summed E-state index contributed by atoms with van der Waals surface area (Å²) in [4.78, 5) is 13.3. The van der Waals surface area contributed by atoms with Gasteiger partial charge in [-0.1, -0.05) is 0 Å². The highest BCUT2D eigenvalue weighted by Gasteiger charge is 2.23. The first kappa shape index (κ1) is 12.6. The molecule has 6 heteroatoms. The van der Waals surface area contributed by atoms with Crippen LogP contribution in [0.4, 0.5) is 11.6 Å². The number of rotatable bonds is 3. The van der Waals surface area contributed by atoms with Crippen molar-refractivity contribution < 1.29 is 4.74 Å². The first-order chi connectivity index (χ1) is 9.36. The Morgan fingerprint density at radius 3 is 2.58 bits per heavy atom. The maximum atomic E-state index is 5.74. The van der Waals surface area contributed by atoms with Crippen LogP contribution < -0.4 is 15.5 Å². The van der Waals surface area contributed by atoms with E-state index in [1.807, 2.05) is 0 Å². The van der Waals surface area contributed by atoms with Crippen LogP contribution in [-0.2, 0) is 4.74 Å². The van der Waals surface area contributed by atoms with Crippen molar-refractivity contribution in [1.82, 2.24) is 9.97 Å². The molecule has 19 heavy (non-hydrogen) atoms. The maximum absolute atomic E-state index is 5.74. The van der Waals surface area contributed by atoms with Crippen LogP contribution in [0.2, 0.25) is 0 Å². The number of hydrogen-bond donors (Lipinski definition) is 1. The van der Waals surface area contributed by atoms with Gasteiger partial charge in [0.15, 0.2) is 0 Å². The molecule has 1 atom stereocenters. The highest BCUT2D eigenvalue weighted by Crippen LogP contribution is 2.24. The number of nitrogens with zero attached hydrogens (tertiary/aromatic N) is 4. The molecule has 0 radical (unpaired) electrons. The molecule has 1 aromatic heterocycles. The Hall–Kier alpha value is -1.40. The minimum atomic E-state index is 0.599. The lowest BCUT2D eigenvalue weighted by atomic mass is 10.1. The molecule has 0 aliphatic carbocycles. The van der Waals surface area contributed by atoms with Crippen LogP contribution in [-0.4, -0.2) is 55.9 Å². The second-order valence-electron chi connectivity index (χ2n) is 5.17. The lowest BCUT2D eigenvalue weighted by Crippen LogP contribution is -2.37. The fourth-order valence-corrected chi connectivity index (χ4v) is 2.71. The third-order valence-corrected chi connectivity index (χ3v) is 3.92. The summed E-state index contributed by atoms with van der Waals surface area (Å²) < 4.78 is 5.37. The molecule has 1 unspecified atom stereocenters. The third kappa shape index (κ3) is 2.79. The summed E-state index contributed by atoms with van der Waals surface area (Å²) >= 11 is 0. The summed E-state index contributed by atoms with van der Waals surface area (Å²) in [5.74, 6) is 2.62. The van der Waals surface area contributed by atoms with E-state index in [2.05, 4.69) is 25.8 Å². The van der Waals surface area contributed by atoms with E-state index >= 15 is 0 Å². The van der Waals surface area contributed by atoms with Crippen LogP contribution in [0.25, 0.3) is 0 Å². The molecule has 2 saturated heterocycles. The monoisotopic (exact) mass is 263 g/mol. The smallest absolute Gasteiger partial charge is 0.134 e. The average Bonchev–Trinajstić information content (AvgIpc) is 2.97. The predicted octanol–water partition coefficient (Wildman–Crippen LogP) is 0.0982. The van der Waals surface area contributed by atoms with Crippen LogP contribution in [0.5, 0.6) is 0 Å². The van der Waals surface area contributed by atoms with Gasteiger partial charge in [0.1, 0.15) is 18.0 Å². The van der Waals surface area contributed by atoms with Gasteiger partial charge >= 0.3 is 0 Å². The van der Waals surface area contributed by atoms with Gasteiger partial charge in [-0.05, 0) is 18.9 Å². The van der Waals surface area contributed by atoms with Gasteiger partial charge in [-0.15, -0.1) is 0 Å². The van der Waals surface area contributed by atoms with E-state index in [0.717, 1.165) is 64.0 Å². The van der Waals surface area contributed by atoms with Crippen LogP contribution >= 0.6 is 0 Å². The number of aromatic nitrogens is 2. The normalized spacial score (nSPS) is 23.9. The van der Waals surface area contributed by atoms with Gasteiger partial charge in [-0.2, -0.15) is 0 Å². The zero-order valence-electron chi connectivity index (χ0n) is 11.2. The lowest BCUT2D eigenvalue weighted by molar-refractivity contribution is 0.122. The summed E-state index contributed by atoms with van der Waals surface area (Å²) in [7, 11) is 0. The quantitative estimate of drug-likeness (QED) is 0.834. The van der Waals surface area contributed by atoms with Crippen molar-refractivity contribution >= 4 is 11.6 Å². The molecule has 0 aromatic carbocycles. The minimum absolute atomic E-state index is 0.599. The Morgan fingerprint density at radius 1 is 1.16 bits per heavy atom. The van der Waals surface area contributed by atoms with E-state index in [1.54, 1.807) is 6.33 Å². The zero-order valence-corrected chi connectivity index (χ0v) is 11.2. The molecular weight excluding hydrogens is 242 g/mol. The molecule has 0 saturated carbocycles. The summed E-state index contributed by atoms with van der Waals surface area (Å²) in [6.07, 6.45) is 2.82. The molecule has 1 aromatic rings. The average molecular weight is 263 g/mol. The Bertz CT molecular complexity index is 421. The highest BCUT2D eigenvalue weighted by molar-refractivity contribution is 5.50. The molecule has 6 nitrogen and oxygen atoms in total. The highest BCUT2D eigenvalue weighted by atomic mass is 16.5. The summed E-state index contributed by atoms with van der Waals surface area (Å²) in [6.45, 7) is 6.18. The molecule has 104 valence electrons. The maximum Gasteiger partial charge on any atom is 0.134 e. The van der Waals surface area contributed by atoms with Crippen LogP contribution in [0.15, 0.2) is 12.4 Å². The molecule has 0 spiro atoms. The SMILES string of the molecule is NCC1CCN(c2cc(N3CCOCC3)ncn2)C1. The van der Waals surface area contributed by atoms with Gasteiger partial charge in [-0.25, -0.2) is 9.97 Å². The Kier molecular flexibility index (Phi) is 3.79. The molecule has 2 aliphatic rings. The van der Waals surface area contributed by atoms with E-state index in [-0.39, 0.29) is 0 Å². The van der Waals surface area contributed by atoms with Crippen molar-refractivity contribution in [3.8, 4) is 0 Å². The predicted molar refractivity (Wildman–Crippen MR) is 74.4 cm³/mol. The van der Waals surface area contributed by atoms with E-state index in [1.165, 1.54) is 0 Å². The van der Waals surface area contributed by atoms with Gasteiger partial charge in [0.05, 0.1) is 13.2 Å². The summed E-state index contributed by atoms with van der Waals surface area (Å²) in [5.41, 5.74) is 5.74. The van der Waals surface area contributed by atoms with Crippen LogP contribution in [0, 0.1) is 5.92 Å². The molecule has 0 bridgehead atoms. The molecule has 2 fully saturated rings. The van der Waals surface area contributed by atoms with E-state index in [4.69, 9.17) is 10.5 Å². The van der Waals surface area contributed by atoms with Crippen molar-refractivity contribution in [2.75, 3.05) is 55.7 Å². The van der Waals surface area contributed by atoms with Gasteiger partial charge in [0, 0.05) is 32.2 Å². The van der Waals surface area contributed by atoms with Crippen molar-refractivity contribution in [1.29, 1.82) is 0 Å². The van der Waals surface area contributed by atoms with Gasteiger partial charge in [0.25, 0.3) is 0 Å². The minimum Gasteiger partial charge on any atom is -0.378 e. The molecule has 3 rings (SSSR count). The van der Waals surface area contributed by atoms with E-state index in [0.29, 0.717) is 5.92 Å². The molecule has 2 N–H and O–H groups in total. The van der Waals surface area contributed by atoms with Gasteiger partial charge in [-0.3, -0.25) is 0 Å². The second kappa shape index (κ2) is 5.71. The fourth-order valence-electron chi connectivity index (χ4n) is 2.71. The largest absolute Gasteiger partial charge is 0.378 e. The standard InChI is InChI=1S/C13H21N5O/c14-8-11-1-2-18(9-11)13-7-12(15-10-16-13)17-3-5-19-6-4-17/h7,10-11H,1-6,8-9,14H2. The molecule has 0 amide bonds.